The molecule has 108 valence electrons. The predicted molar refractivity (Wildman–Crippen MR) is 75.2 cm³/mol. The molecule has 0 aliphatic heterocycles. The molecule has 8 heteroatoms. The average Bonchev–Trinajstić information content (AvgIpc) is 3.10. The molecule has 3 aromatic heterocycles. The molecule has 8 nitrogen and oxygen atoms in total. The summed E-state index contributed by atoms with van der Waals surface area (Å²) in [6, 6.07) is 5.84. The average molecular weight is 285 g/mol. The van der Waals surface area contributed by atoms with Crippen LogP contribution in [0.15, 0.2) is 36.8 Å². The van der Waals surface area contributed by atoms with Crippen molar-refractivity contribution >= 4 is 11.6 Å². The Kier molecular flexibility index (Phi) is 3.61. The summed E-state index contributed by atoms with van der Waals surface area (Å²) >= 11 is 0. The highest BCUT2D eigenvalue weighted by Crippen LogP contribution is 2.06. The van der Waals surface area contributed by atoms with Crippen LogP contribution in [-0.2, 0) is 17.9 Å². The summed E-state index contributed by atoms with van der Waals surface area (Å²) in [4.78, 5) is 15.6. The molecule has 0 aromatic carbocycles. The van der Waals surface area contributed by atoms with Crippen molar-refractivity contribution in [3.63, 3.8) is 0 Å². The lowest BCUT2D eigenvalue weighted by Crippen LogP contribution is -2.29. The van der Waals surface area contributed by atoms with Crippen LogP contribution in [0.1, 0.15) is 11.4 Å². The zero-order valence-corrected chi connectivity index (χ0v) is 11.3. The van der Waals surface area contributed by atoms with Crippen LogP contribution in [-0.4, -0.2) is 36.8 Å². The van der Waals surface area contributed by atoms with Gasteiger partial charge in [0.2, 0.25) is 5.91 Å². The second kappa shape index (κ2) is 5.71. The number of hydrogen-bond donors (Lipinski definition) is 2. The van der Waals surface area contributed by atoms with E-state index in [-0.39, 0.29) is 12.5 Å². The standard InChI is InChI=1S/C13H15N7O/c14-5-13(21)15-6-10-8-20(18-17-10)9-11-7-19-4-2-1-3-12(19)16-11/h1-4,7-8H,5-6,9,14H2,(H,15,21). The van der Waals surface area contributed by atoms with Gasteiger partial charge in [-0.05, 0) is 12.1 Å². The first kappa shape index (κ1) is 13.3. The number of amides is 1. The molecule has 0 atom stereocenters. The summed E-state index contributed by atoms with van der Waals surface area (Å²) < 4.78 is 3.64. The smallest absolute Gasteiger partial charge is 0.234 e. The Labute approximate surface area is 120 Å². The van der Waals surface area contributed by atoms with E-state index in [1.807, 2.05) is 35.0 Å². The predicted octanol–water partition coefficient (Wildman–Crippen LogP) is -0.451. The topological polar surface area (TPSA) is 103 Å². The number of aromatic nitrogens is 5. The van der Waals surface area contributed by atoms with E-state index in [9.17, 15) is 4.79 Å². The second-order valence-corrected chi connectivity index (χ2v) is 4.59. The fourth-order valence-electron chi connectivity index (χ4n) is 1.99. The minimum Gasteiger partial charge on any atom is -0.349 e. The quantitative estimate of drug-likeness (QED) is 0.661. The number of carbonyl (C=O) groups is 1. The van der Waals surface area contributed by atoms with Crippen molar-refractivity contribution in [2.24, 2.45) is 5.73 Å². The van der Waals surface area contributed by atoms with Crippen molar-refractivity contribution in [2.45, 2.75) is 13.1 Å². The Morgan fingerprint density at radius 1 is 1.29 bits per heavy atom. The van der Waals surface area contributed by atoms with Crippen LogP contribution in [0.5, 0.6) is 0 Å². The van der Waals surface area contributed by atoms with E-state index in [2.05, 4.69) is 20.6 Å². The second-order valence-electron chi connectivity index (χ2n) is 4.59. The Morgan fingerprint density at radius 3 is 3.00 bits per heavy atom. The van der Waals surface area contributed by atoms with Crippen LogP contribution in [0.25, 0.3) is 5.65 Å². The number of nitrogens with zero attached hydrogens (tertiary/aromatic N) is 5. The van der Waals surface area contributed by atoms with Gasteiger partial charge in [-0.25, -0.2) is 9.67 Å². The molecule has 21 heavy (non-hydrogen) atoms. The molecule has 0 unspecified atom stereocenters. The molecule has 3 heterocycles. The van der Waals surface area contributed by atoms with Crippen molar-refractivity contribution in [3.05, 3.63) is 48.2 Å². The fourth-order valence-corrected chi connectivity index (χ4v) is 1.99. The maximum Gasteiger partial charge on any atom is 0.234 e. The third-order valence-electron chi connectivity index (χ3n) is 2.98. The lowest BCUT2D eigenvalue weighted by Gasteiger charge is -1.98. The van der Waals surface area contributed by atoms with Crippen molar-refractivity contribution in [1.82, 2.24) is 29.7 Å². The number of rotatable bonds is 5. The van der Waals surface area contributed by atoms with E-state index >= 15 is 0 Å². The fraction of sp³-hybridized carbons (Fsp3) is 0.231. The highest BCUT2D eigenvalue weighted by atomic mass is 16.1. The van der Waals surface area contributed by atoms with Crippen LogP contribution in [0, 0.1) is 0 Å². The molecule has 1 amide bonds. The first-order valence-corrected chi connectivity index (χ1v) is 6.53. The van der Waals surface area contributed by atoms with Crippen molar-refractivity contribution < 1.29 is 4.79 Å². The third kappa shape index (κ3) is 3.06. The summed E-state index contributed by atoms with van der Waals surface area (Å²) in [5.74, 6) is -0.218. The Balaban J connectivity index is 1.67. The van der Waals surface area contributed by atoms with Gasteiger partial charge in [0.25, 0.3) is 0 Å². The molecule has 0 saturated heterocycles. The van der Waals surface area contributed by atoms with Crippen LogP contribution < -0.4 is 11.1 Å². The highest BCUT2D eigenvalue weighted by molar-refractivity contribution is 5.77. The van der Waals surface area contributed by atoms with E-state index in [1.165, 1.54) is 0 Å². The number of hydrogen-bond acceptors (Lipinski definition) is 5. The molecule has 0 bridgehead atoms. The van der Waals surface area contributed by atoms with Crippen LogP contribution in [0.4, 0.5) is 0 Å². The molecule has 3 N–H and O–H groups in total. The molecule has 0 saturated carbocycles. The SMILES string of the molecule is NCC(=O)NCc1cn(Cc2cn3ccccc3n2)nn1. The van der Waals surface area contributed by atoms with Crippen LogP contribution in [0.3, 0.4) is 0 Å². The van der Waals surface area contributed by atoms with E-state index < -0.39 is 0 Å². The number of pyridine rings is 1. The van der Waals surface area contributed by atoms with Gasteiger partial charge in [-0.3, -0.25) is 4.79 Å². The van der Waals surface area contributed by atoms with Crippen molar-refractivity contribution in [3.8, 4) is 0 Å². The van der Waals surface area contributed by atoms with Gasteiger partial charge in [0, 0.05) is 12.4 Å². The van der Waals surface area contributed by atoms with Gasteiger partial charge in [0.05, 0.1) is 31.5 Å². The summed E-state index contributed by atoms with van der Waals surface area (Å²) in [6.07, 6.45) is 5.68. The summed E-state index contributed by atoms with van der Waals surface area (Å²) in [5.41, 5.74) is 7.68. The number of nitrogens with two attached hydrogens (primary N) is 1. The number of fused-ring (bicyclic) bond motifs is 1. The Bertz CT molecular complexity index is 728. The minimum atomic E-state index is -0.218. The lowest BCUT2D eigenvalue weighted by molar-refractivity contribution is -0.119. The van der Waals surface area contributed by atoms with E-state index in [4.69, 9.17) is 5.73 Å². The lowest BCUT2D eigenvalue weighted by atomic mass is 10.4. The van der Waals surface area contributed by atoms with Crippen molar-refractivity contribution in [1.29, 1.82) is 0 Å². The van der Waals surface area contributed by atoms with Gasteiger partial charge in [0.1, 0.15) is 11.3 Å². The zero-order valence-electron chi connectivity index (χ0n) is 11.3. The summed E-state index contributed by atoms with van der Waals surface area (Å²) in [7, 11) is 0. The minimum absolute atomic E-state index is 0.0324. The zero-order chi connectivity index (χ0) is 14.7. The molecule has 0 fully saturated rings. The molecule has 0 aliphatic rings. The number of carbonyl (C=O) groups excluding carboxylic acids is 1. The van der Waals surface area contributed by atoms with E-state index in [0.717, 1.165) is 11.3 Å². The summed E-state index contributed by atoms with van der Waals surface area (Å²) in [6.45, 7) is 0.816. The molecule has 3 rings (SSSR count). The Hall–Kier alpha value is -2.74. The van der Waals surface area contributed by atoms with Gasteiger partial charge in [-0.2, -0.15) is 0 Å². The van der Waals surface area contributed by atoms with Gasteiger partial charge in [-0.1, -0.05) is 11.3 Å². The molecule has 3 aromatic rings. The molecular weight excluding hydrogens is 270 g/mol. The monoisotopic (exact) mass is 285 g/mol. The molecule has 0 aliphatic carbocycles. The van der Waals surface area contributed by atoms with Gasteiger partial charge >= 0.3 is 0 Å². The summed E-state index contributed by atoms with van der Waals surface area (Å²) in [5, 5.41) is 10.7. The maximum atomic E-state index is 11.1. The molecular formula is C13H15N7O. The number of imidazole rings is 1. The highest BCUT2D eigenvalue weighted by Gasteiger charge is 2.06. The van der Waals surface area contributed by atoms with Crippen LogP contribution in [0.2, 0.25) is 0 Å². The van der Waals surface area contributed by atoms with Gasteiger partial charge in [-0.15, -0.1) is 5.10 Å². The van der Waals surface area contributed by atoms with E-state index in [1.54, 1.807) is 10.9 Å². The normalized spacial score (nSPS) is 10.9. The Morgan fingerprint density at radius 2 is 2.19 bits per heavy atom. The third-order valence-corrected chi connectivity index (χ3v) is 2.98. The molecule has 0 spiro atoms. The van der Waals surface area contributed by atoms with Gasteiger partial charge in [0.15, 0.2) is 0 Å². The van der Waals surface area contributed by atoms with Crippen molar-refractivity contribution in [2.75, 3.05) is 6.54 Å². The van der Waals surface area contributed by atoms with E-state index in [0.29, 0.717) is 18.8 Å². The molecule has 0 radical (unpaired) electrons. The first-order chi connectivity index (χ1) is 10.2. The van der Waals surface area contributed by atoms with Crippen LogP contribution >= 0.6 is 0 Å². The largest absolute Gasteiger partial charge is 0.349 e. The number of nitrogens with one attached hydrogen (secondary N) is 1. The van der Waals surface area contributed by atoms with Gasteiger partial charge < -0.3 is 15.5 Å². The maximum absolute atomic E-state index is 11.1. The first-order valence-electron chi connectivity index (χ1n) is 6.53.